The number of rotatable bonds is 6. The van der Waals surface area contributed by atoms with Crippen LogP contribution < -0.4 is 10.6 Å². The molecule has 2 fully saturated rings. The molecule has 2 aliphatic rings. The van der Waals surface area contributed by atoms with E-state index in [0.717, 1.165) is 37.8 Å². The smallest absolute Gasteiger partial charge is 0.223 e. The van der Waals surface area contributed by atoms with Gasteiger partial charge in [-0.15, -0.1) is 0 Å². The van der Waals surface area contributed by atoms with Gasteiger partial charge < -0.3 is 10.6 Å². The Morgan fingerprint density at radius 1 is 1.20 bits per heavy atom. The fraction of sp³-hybridized carbons (Fsp3) is 0.562. The van der Waals surface area contributed by atoms with E-state index in [1.165, 1.54) is 6.07 Å². The van der Waals surface area contributed by atoms with E-state index >= 15 is 0 Å². The number of carbonyl (C=O) groups is 1. The molecule has 1 amide bonds. The van der Waals surface area contributed by atoms with Gasteiger partial charge in [-0.05, 0) is 43.2 Å². The highest BCUT2D eigenvalue weighted by Crippen LogP contribution is 2.37. The van der Waals surface area contributed by atoms with Gasteiger partial charge in [0.25, 0.3) is 0 Å². The Hall–Kier alpha value is -1.42. The zero-order chi connectivity index (χ0) is 13.9. The van der Waals surface area contributed by atoms with Gasteiger partial charge in [0, 0.05) is 25.0 Å². The minimum Gasteiger partial charge on any atom is -0.355 e. The molecule has 3 rings (SSSR count). The number of benzene rings is 1. The first kappa shape index (κ1) is 13.6. The maximum atomic E-state index is 13.6. The van der Waals surface area contributed by atoms with Crippen molar-refractivity contribution < 1.29 is 9.18 Å². The first-order valence-electron chi connectivity index (χ1n) is 7.49. The van der Waals surface area contributed by atoms with Crippen LogP contribution in [0.2, 0.25) is 0 Å². The van der Waals surface area contributed by atoms with Crippen LogP contribution in [-0.2, 0) is 4.79 Å². The first-order chi connectivity index (χ1) is 9.74. The third-order valence-corrected chi connectivity index (χ3v) is 4.29. The Balaban J connectivity index is 1.32. The van der Waals surface area contributed by atoms with Gasteiger partial charge in [-0.25, -0.2) is 4.39 Å². The summed E-state index contributed by atoms with van der Waals surface area (Å²) in [7, 11) is 0. The van der Waals surface area contributed by atoms with Crippen molar-refractivity contribution in [1.82, 2.24) is 10.6 Å². The Labute approximate surface area is 118 Å². The third kappa shape index (κ3) is 3.18. The summed E-state index contributed by atoms with van der Waals surface area (Å²) >= 11 is 0. The van der Waals surface area contributed by atoms with Gasteiger partial charge in [0.2, 0.25) is 5.91 Å². The van der Waals surface area contributed by atoms with Crippen LogP contribution in [0.4, 0.5) is 4.39 Å². The third-order valence-electron chi connectivity index (χ3n) is 4.29. The lowest BCUT2D eigenvalue weighted by molar-refractivity contribution is -0.122. The monoisotopic (exact) mass is 276 g/mol. The number of hydrogen-bond acceptors (Lipinski definition) is 2. The van der Waals surface area contributed by atoms with Crippen molar-refractivity contribution in [3.05, 3.63) is 35.6 Å². The molecule has 20 heavy (non-hydrogen) atoms. The van der Waals surface area contributed by atoms with Crippen LogP contribution in [0.3, 0.4) is 0 Å². The molecule has 0 radical (unpaired) electrons. The number of halogens is 1. The number of carbonyl (C=O) groups excluding carboxylic acids is 1. The molecular formula is C16H21FN2O. The fourth-order valence-electron chi connectivity index (χ4n) is 2.80. The molecule has 0 aromatic heterocycles. The lowest BCUT2D eigenvalue weighted by atomic mass is 9.75. The summed E-state index contributed by atoms with van der Waals surface area (Å²) in [5, 5.41) is 6.35. The van der Waals surface area contributed by atoms with Gasteiger partial charge in [-0.3, -0.25) is 4.79 Å². The van der Waals surface area contributed by atoms with Crippen LogP contribution in [0.1, 0.15) is 37.2 Å². The molecule has 0 bridgehead atoms. The van der Waals surface area contributed by atoms with Crippen LogP contribution in [0.25, 0.3) is 0 Å². The Kier molecular flexibility index (Phi) is 4.01. The van der Waals surface area contributed by atoms with Gasteiger partial charge in [0.05, 0.1) is 0 Å². The molecule has 0 atom stereocenters. The van der Waals surface area contributed by atoms with Crippen LogP contribution in [0, 0.1) is 11.7 Å². The number of nitrogens with one attached hydrogen (secondary N) is 2. The van der Waals surface area contributed by atoms with Crippen molar-refractivity contribution in [3.63, 3.8) is 0 Å². The largest absolute Gasteiger partial charge is 0.355 e. The van der Waals surface area contributed by atoms with Crippen molar-refractivity contribution in [1.29, 1.82) is 0 Å². The minimum atomic E-state index is -0.0901. The fourth-order valence-corrected chi connectivity index (χ4v) is 2.80. The summed E-state index contributed by atoms with van der Waals surface area (Å²) in [5.41, 5.74) is 0.840. The van der Waals surface area contributed by atoms with Crippen LogP contribution in [0.5, 0.6) is 0 Å². The maximum Gasteiger partial charge on any atom is 0.223 e. The minimum absolute atomic E-state index is 0.0901. The van der Waals surface area contributed by atoms with Crippen molar-refractivity contribution in [2.75, 3.05) is 13.1 Å². The molecule has 0 unspecified atom stereocenters. The van der Waals surface area contributed by atoms with Crippen LogP contribution in [0.15, 0.2) is 24.3 Å². The second-order valence-electron chi connectivity index (χ2n) is 5.91. The topological polar surface area (TPSA) is 41.1 Å². The molecule has 1 aromatic rings. The van der Waals surface area contributed by atoms with Crippen molar-refractivity contribution in [2.45, 2.75) is 37.6 Å². The van der Waals surface area contributed by atoms with E-state index in [-0.39, 0.29) is 17.6 Å². The van der Waals surface area contributed by atoms with E-state index in [9.17, 15) is 9.18 Å². The Bertz CT molecular complexity index is 481. The molecule has 0 saturated heterocycles. The highest BCUT2D eigenvalue weighted by molar-refractivity contribution is 5.80. The zero-order valence-electron chi connectivity index (χ0n) is 11.6. The average Bonchev–Trinajstić information content (AvgIpc) is 3.22. The zero-order valence-corrected chi connectivity index (χ0v) is 11.6. The number of hydrogen-bond donors (Lipinski definition) is 2. The predicted octanol–water partition coefficient (Wildman–Crippen LogP) is 2.19. The first-order valence-corrected chi connectivity index (χ1v) is 7.49. The van der Waals surface area contributed by atoms with Crippen molar-refractivity contribution in [3.8, 4) is 0 Å². The average molecular weight is 276 g/mol. The van der Waals surface area contributed by atoms with E-state index in [1.54, 1.807) is 6.07 Å². The number of amides is 1. The Morgan fingerprint density at radius 3 is 2.65 bits per heavy atom. The predicted molar refractivity (Wildman–Crippen MR) is 75.9 cm³/mol. The summed E-state index contributed by atoms with van der Waals surface area (Å²) in [5.74, 6) is 0.733. The molecule has 0 aliphatic heterocycles. The second kappa shape index (κ2) is 5.92. The Morgan fingerprint density at radius 2 is 1.95 bits per heavy atom. The lowest BCUT2D eigenvalue weighted by Gasteiger charge is -2.36. The van der Waals surface area contributed by atoms with Crippen molar-refractivity contribution >= 4 is 5.91 Å². The van der Waals surface area contributed by atoms with Crippen molar-refractivity contribution in [2.24, 2.45) is 5.92 Å². The van der Waals surface area contributed by atoms with Gasteiger partial charge in [-0.1, -0.05) is 18.2 Å². The summed E-state index contributed by atoms with van der Waals surface area (Å²) in [4.78, 5) is 11.4. The molecule has 0 spiro atoms. The van der Waals surface area contributed by atoms with Gasteiger partial charge in [0.15, 0.2) is 0 Å². The molecular weight excluding hydrogens is 255 g/mol. The van der Waals surface area contributed by atoms with Gasteiger partial charge >= 0.3 is 0 Å². The van der Waals surface area contributed by atoms with E-state index in [0.29, 0.717) is 18.5 Å². The summed E-state index contributed by atoms with van der Waals surface area (Å²) < 4.78 is 13.6. The highest BCUT2D eigenvalue weighted by atomic mass is 19.1. The van der Waals surface area contributed by atoms with E-state index in [2.05, 4.69) is 10.6 Å². The van der Waals surface area contributed by atoms with E-state index < -0.39 is 0 Å². The van der Waals surface area contributed by atoms with Gasteiger partial charge in [0.1, 0.15) is 5.82 Å². The summed E-state index contributed by atoms with van der Waals surface area (Å²) in [6.07, 6.45) is 4.06. The highest BCUT2D eigenvalue weighted by Gasteiger charge is 2.31. The summed E-state index contributed by atoms with van der Waals surface area (Å²) in [6, 6.07) is 7.50. The second-order valence-corrected chi connectivity index (χ2v) is 5.91. The van der Waals surface area contributed by atoms with E-state index in [4.69, 9.17) is 0 Å². The molecule has 2 N–H and O–H groups in total. The molecule has 108 valence electrons. The normalized spacial score (nSPS) is 25.1. The van der Waals surface area contributed by atoms with Crippen LogP contribution >= 0.6 is 0 Å². The molecule has 4 heteroatoms. The molecule has 3 nitrogen and oxygen atoms in total. The maximum absolute atomic E-state index is 13.6. The summed E-state index contributed by atoms with van der Waals surface area (Å²) in [6.45, 7) is 1.49. The van der Waals surface area contributed by atoms with Gasteiger partial charge in [-0.2, -0.15) is 0 Å². The molecule has 1 aromatic carbocycles. The lowest BCUT2D eigenvalue weighted by Crippen LogP contribution is -2.43. The molecule has 2 saturated carbocycles. The van der Waals surface area contributed by atoms with Crippen LogP contribution in [-0.4, -0.2) is 25.0 Å². The quantitative estimate of drug-likeness (QED) is 0.782. The molecule has 0 heterocycles. The standard InChI is InChI=1S/C16H21FN2O/c17-15-4-2-1-3-14(15)12-9-13(10-12)18-7-8-19-16(20)11-5-6-11/h1-4,11-13,18H,5-10H2,(H,19,20). The SMILES string of the molecule is O=C(NCCNC1CC(c2ccccc2F)C1)C1CC1. The van der Waals surface area contributed by atoms with E-state index in [1.807, 2.05) is 12.1 Å². The molecule has 2 aliphatic carbocycles.